The molecule has 1 heterocycles. The molecule has 144 valence electrons. The first-order valence-electron chi connectivity index (χ1n) is 8.92. The SMILES string of the molecule is Cc1cccc(Cn2nc(C)c(NC(=O)c3ccc([N+](=O)[O-])c(C)c3)c2C)c1. The molecular weight excluding hydrogens is 356 g/mol. The van der Waals surface area contributed by atoms with Crippen LogP contribution < -0.4 is 5.32 Å². The number of rotatable bonds is 5. The molecule has 1 N–H and O–H groups in total. The van der Waals surface area contributed by atoms with Gasteiger partial charge in [-0.05, 0) is 45.4 Å². The minimum Gasteiger partial charge on any atom is -0.319 e. The Balaban J connectivity index is 1.83. The predicted octanol–water partition coefficient (Wildman–Crippen LogP) is 4.33. The highest BCUT2D eigenvalue weighted by molar-refractivity contribution is 6.05. The molecule has 0 aliphatic rings. The van der Waals surface area contributed by atoms with Crippen LogP contribution in [0.15, 0.2) is 42.5 Å². The topological polar surface area (TPSA) is 90.1 Å². The Hall–Kier alpha value is -3.48. The molecule has 3 rings (SSSR count). The van der Waals surface area contributed by atoms with Gasteiger partial charge in [-0.2, -0.15) is 5.10 Å². The van der Waals surface area contributed by atoms with Crippen molar-refractivity contribution in [1.29, 1.82) is 0 Å². The van der Waals surface area contributed by atoms with Gasteiger partial charge in [0, 0.05) is 17.2 Å². The van der Waals surface area contributed by atoms with Gasteiger partial charge in [-0.25, -0.2) is 0 Å². The van der Waals surface area contributed by atoms with Crippen LogP contribution in [-0.4, -0.2) is 20.6 Å². The summed E-state index contributed by atoms with van der Waals surface area (Å²) in [6, 6.07) is 12.5. The lowest BCUT2D eigenvalue weighted by Gasteiger charge is -2.08. The van der Waals surface area contributed by atoms with Crippen LogP contribution in [0.2, 0.25) is 0 Å². The number of nitro groups is 1. The van der Waals surface area contributed by atoms with Crippen molar-refractivity contribution in [2.24, 2.45) is 0 Å². The zero-order chi connectivity index (χ0) is 20.4. The van der Waals surface area contributed by atoms with Crippen molar-refractivity contribution in [3.63, 3.8) is 0 Å². The molecule has 0 aliphatic carbocycles. The van der Waals surface area contributed by atoms with E-state index in [9.17, 15) is 14.9 Å². The number of hydrogen-bond acceptors (Lipinski definition) is 4. The van der Waals surface area contributed by atoms with Crippen molar-refractivity contribution in [3.05, 3.63) is 86.2 Å². The monoisotopic (exact) mass is 378 g/mol. The number of hydrogen-bond donors (Lipinski definition) is 1. The summed E-state index contributed by atoms with van der Waals surface area (Å²) in [6.07, 6.45) is 0. The van der Waals surface area contributed by atoms with E-state index in [1.54, 1.807) is 6.92 Å². The summed E-state index contributed by atoms with van der Waals surface area (Å²) in [5.74, 6) is -0.320. The number of aromatic nitrogens is 2. The maximum atomic E-state index is 12.6. The molecular formula is C21H22N4O3. The molecule has 3 aromatic rings. The first-order chi connectivity index (χ1) is 13.3. The number of nitrogens with zero attached hydrogens (tertiary/aromatic N) is 3. The Morgan fingerprint density at radius 3 is 2.54 bits per heavy atom. The molecule has 7 heteroatoms. The van der Waals surface area contributed by atoms with E-state index in [0.717, 1.165) is 17.0 Å². The summed E-state index contributed by atoms with van der Waals surface area (Å²) >= 11 is 0. The van der Waals surface area contributed by atoms with Gasteiger partial charge < -0.3 is 5.32 Å². The molecule has 0 saturated carbocycles. The summed E-state index contributed by atoms with van der Waals surface area (Å²) in [4.78, 5) is 23.1. The molecule has 1 amide bonds. The van der Waals surface area contributed by atoms with Crippen LogP contribution in [0.4, 0.5) is 11.4 Å². The normalized spacial score (nSPS) is 10.7. The van der Waals surface area contributed by atoms with Gasteiger partial charge in [-0.1, -0.05) is 29.8 Å². The van der Waals surface area contributed by atoms with E-state index in [4.69, 9.17) is 0 Å². The zero-order valence-corrected chi connectivity index (χ0v) is 16.3. The summed E-state index contributed by atoms with van der Waals surface area (Å²) in [5, 5.41) is 18.4. The Morgan fingerprint density at radius 1 is 1.14 bits per heavy atom. The molecule has 28 heavy (non-hydrogen) atoms. The summed E-state index contributed by atoms with van der Waals surface area (Å²) in [6.45, 7) is 8.03. The molecule has 0 fully saturated rings. The number of nitro benzene ring substituents is 1. The molecule has 0 aliphatic heterocycles. The van der Waals surface area contributed by atoms with Crippen molar-refractivity contribution >= 4 is 17.3 Å². The van der Waals surface area contributed by atoms with Crippen LogP contribution in [0, 0.1) is 37.8 Å². The van der Waals surface area contributed by atoms with E-state index >= 15 is 0 Å². The third-order valence-corrected chi connectivity index (χ3v) is 4.69. The molecule has 0 bridgehead atoms. The van der Waals surface area contributed by atoms with Crippen LogP contribution in [0.1, 0.15) is 38.4 Å². The molecule has 1 aromatic heterocycles. The van der Waals surface area contributed by atoms with Crippen molar-refractivity contribution in [3.8, 4) is 0 Å². The molecule has 0 atom stereocenters. The van der Waals surface area contributed by atoms with Gasteiger partial charge in [-0.3, -0.25) is 19.6 Å². The van der Waals surface area contributed by atoms with Gasteiger partial charge in [-0.15, -0.1) is 0 Å². The number of carbonyl (C=O) groups is 1. The van der Waals surface area contributed by atoms with Crippen LogP contribution in [0.5, 0.6) is 0 Å². The van der Waals surface area contributed by atoms with Gasteiger partial charge in [0.15, 0.2) is 0 Å². The Morgan fingerprint density at radius 2 is 1.89 bits per heavy atom. The lowest BCUT2D eigenvalue weighted by atomic mass is 10.1. The quantitative estimate of drug-likeness (QED) is 0.529. The predicted molar refractivity (Wildman–Crippen MR) is 108 cm³/mol. The highest BCUT2D eigenvalue weighted by atomic mass is 16.6. The Bertz CT molecular complexity index is 1070. The number of carbonyl (C=O) groups excluding carboxylic acids is 1. The molecule has 2 aromatic carbocycles. The molecule has 7 nitrogen and oxygen atoms in total. The van der Waals surface area contributed by atoms with Gasteiger partial charge >= 0.3 is 0 Å². The minimum absolute atomic E-state index is 0.00474. The van der Waals surface area contributed by atoms with Crippen LogP contribution in [0.25, 0.3) is 0 Å². The average Bonchev–Trinajstić information content (AvgIpc) is 2.88. The first-order valence-corrected chi connectivity index (χ1v) is 8.92. The highest BCUT2D eigenvalue weighted by Crippen LogP contribution is 2.23. The molecule has 0 saturated heterocycles. The second-order valence-corrected chi connectivity index (χ2v) is 6.91. The Kier molecular flexibility index (Phi) is 5.26. The van der Waals surface area contributed by atoms with E-state index in [-0.39, 0.29) is 11.6 Å². The summed E-state index contributed by atoms with van der Waals surface area (Å²) < 4.78 is 1.86. The van der Waals surface area contributed by atoms with Gasteiger partial charge in [0.05, 0.1) is 28.5 Å². The standard InChI is InChI=1S/C21H22N4O3/c1-13-6-5-7-17(10-13)12-24-16(4)20(15(3)23-24)22-21(26)18-8-9-19(25(27)28)14(2)11-18/h5-11H,12H2,1-4H3,(H,22,26). The fraction of sp³-hybridized carbons (Fsp3) is 0.238. The lowest BCUT2D eigenvalue weighted by molar-refractivity contribution is -0.385. The fourth-order valence-corrected chi connectivity index (χ4v) is 3.20. The maximum absolute atomic E-state index is 12.6. The van der Waals surface area contributed by atoms with E-state index in [1.165, 1.54) is 23.8 Å². The summed E-state index contributed by atoms with van der Waals surface area (Å²) in [7, 11) is 0. The van der Waals surface area contributed by atoms with Crippen LogP contribution in [0.3, 0.4) is 0 Å². The molecule has 0 radical (unpaired) electrons. The highest BCUT2D eigenvalue weighted by Gasteiger charge is 2.18. The van der Waals surface area contributed by atoms with E-state index < -0.39 is 4.92 Å². The van der Waals surface area contributed by atoms with Crippen molar-refractivity contribution in [2.75, 3.05) is 5.32 Å². The van der Waals surface area contributed by atoms with Crippen LogP contribution >= 0.6 is 0 Å². The van der Waals surface area contributed by atoms with E-state index in [1.807, 2.05) is 43.7 Å². The number of nitrogens with one attached hydrogen (secondary N) is 1. The largest absolute Gasteiger partial charge is 0.319 e. The molecule has 0 spiro atoms. The lowest BCUT2D eigenvalue weighted by Crippen LogP contribution is -2.14. The van der Waals surface area contributed by atoms with Crippen molar-refractivity contribution in [2.45, 2.75) is 34.2 Å². The van der Waals surface area contributed by atoms with Crippen LogP contribution in [-0.2, 0) is 6.54 Å². The summed E-state index contributed by atoms with van der Waals surface area (Å²) in [5.41, 5.74) is 5.36. The number of anilines is 1. The zero-order valence-electron chi connectivity index (χ0n) is 16.3. The van der Waals surface area contributed by atoms with Gasteiger partial charge in [0.1, 0.15) is 0 Å². The minimum atomic E-state index is -0.458. The van der Waals surface area contributed by atoms with Crippen molar-refractivity contribution in [1.82, 2.24) is 9.78 Å². The van der Waals surface area contributed by atoms with Crippen molar-refractivity contribution < 1.29 is 9.72 Å². The maximum Gasteiger partial charge on any atom is 0.272 e. The number of amides is 1. The van der Waals surface area contributed by atoms with Gasteiger partial charge in [0.2, 0.25) is 0 Å². The number of benzene rings is 2. The fourth-order valence-electron chi connectivity index (χ4n) is 3.20. The van der Waals surface area contributed by atoms with Gasteiger partial charge in [0.25, 0.3) is 11.6 Å². The third-order valence-electron chi connectivity index (χ3n) is 4.69. The first kappa shape index (κ1) is 19.3. The second-order valence-electron chi connectivity index (χ2n) is 6.91. The molecule has 0 unspecified atom stereocenters. The van der Waals surface area contributed by atoms with E-state index in [0.29, 0.717) is 23.4 Å². The smallest absolute Gasteiger partial charge is 0.272 e. The third kappa shape index (κ3) is 3.93. The average molecular weight is 378 g/mol. The second kappa shape index (κ2) is 7.64. The van der Waals surface area contributed by atoms with E-state index in [2.05, 4.69) is 16.5 Å². The number of aryl methyl sites for hydroxylation is 3. The Labute approximate surface area is 163 Å².